The number of aromatic nitrogens is 1. The molecule has 0 aliphatic carbocycles. The van der Waals surface area contributed by atoms with Gasteiger partial charge in [-0.15, -0.1) is 0 Å². The Morgan fingerprint density at radius 2 is 2.43 bits per heavy atom. The van der Waals surface area contributed by atoms with Gasteiger partial charge in [-0.2, -0.15) is 4.39 Å². The molecular weight excluding hydrogens is 183 g/mol. The lowest BCUT2D eigenvalue weighted by Crippen LogP contribution is -2.19. The van der Waals surface area contributed by atoms with E-state index in [1.165, 1.54) is 12.3 Å². The van der Waals surface area contributed by atoms with E-state index >= 15 is 0 Å². The number of nitrogens with zero attached hydrogens (tertiary/aromatic N) is 1. The number of anilines is 1. The molecule has 1 atom stereocenters. The van der Waals surface area contributed by atoms with Crippen molar-refractivity contribution >= 4 is 5.69 Å². The van der Waals surface area contributed by atoms with Crippen molar-refractivity contribution in [3.05, 3.63) is 24.3 Å². The van der Waals surface area contributed by atoms with Crippen LogP contribution in [0.5, 0.6) is 0 Å². The summed E-state index contributed by atoms with van der Waals surface area (Å²) in [5, 5.41) is 3.07. The standard InChI is InChI=1S/C10H15FN2O/c1-3-14-8(2)7-13-9-4-5-12-10(11)6-9/h4-6,8H,3,7H2,1-2H3,(H,12,13). The first kappa shape index (κ1) is 10.9. The van der Waals surface area contributed by atoms with Crippen LogP contribution in [-0.4, -0.2) is 24.2 Å². The van der Waals surface area contributed by atoms with Gasteiger partial charge < -0.3 is 10.1 Å². The number of nitrogens with one attached hydrogen (secondary N) is 1. The van der Waals surface area contributed by atoms with E-state index in [4.69, 9.17) is 4.74 Å². The molecule has 0 radical (unpaired) electrons. The van der Waals surface area contributed by atoms with Gasteiger partial charge in [-0.05, 0) is 19.9 Å². The molecule has 0 amide bonds. The summed E-state index contributed by atoms with van der Waals surface area (Å²) in [4.78, 5) is 3.47. The quantitative estimate of drug-likeness (QED) is 0.735. The van der Waals surface area contributed by atoms with E-state index in [0.717, 1.165) is 5.69 Å². The van der Waals surface area contributed by atoms with Crippen LogP contribution >= 0.6 is 0 Å². The molecular formula is C10H15FN2O. The molecule has 14 heavy (non-hydrogen) atoms. The number of pyridine rings is 1. The maximum Gasteiger partial charge on any atom is 0.214 e. The second-order valence-electron chi connectivity index (χ2n) is 3.01. The Labute approximate surface area is 83.3 Å². The molecule has 1 rings (SSSR count). The molecule has 0 bridgehead atoms. The van der Waals surface area contributed by atoms with Crippen LogP contribution in [0.25, 0.3) is 0 Å². The lowest BCUT2D eigenvalue weighted by molar-refractivity contribution is 0.0855. The highest BCUT2D eigenvalue weighted by molar-refractivity contribution is 5.41. The molecule has 1 unspecified atom stereocenters. The van der Waals surface area contributed by atoms with E-state index in [2.05, 4.69) is 10.3 Å². The molecule has 0 fully saturated rings. The number of ether oxygens (including phenoxy) is 1. The second kappa shape index (κ2) is 5.54. The van der Waals surface area contributed by atoms with Crippen molar-refractivity contribution in [2.45, 2.75) is 20.0 Å². The van der Waals surface area contributed by atoms with Gasteiger partial charge in [0.1, 0.15) is 0 Å². The normalized spacial score (nSPS) is 12.5. The number of rotatable bonds is 5. The topological polar surface area (TPSA) is 34.1 Å². The molecule has 0 aliphatic heterocycles. The SMILES string of the molecule is CCOC(C)CNc1ccnc(F)c1. The third kappa shape index (κ3) is 3.70. The lowest BCUT2D eigenvalue weighted by atomic mass is 10.3. The summed E-state index contributed by atoms with van der Waals surface area (Å²) in [5.41, 5.74) is 0.726. The van der Waals surface area contributed by atoms with E-state index < -0.39 is 5.95 Å². The first-order valence-corrected chi connectivity index (χ1v) is 4.69. The molecule has 1 aromatic heterocycles. The van der Waals surface area contributed by atoms with Crippen LogP contribution in [0.3, 0.4) is 0 Å². The van der Waals surface area contributed by atoms with Crippen LogP contribution in [-0.2, 0) is 4.74 Å². The summed E-state index contributed by atoms with van der Waals surface area (Å²) in [6.07, 6.45) is 1.56. The van der Waals surface area contributed by atoms with Gasteiger partial charge in [-0.25, -0.2) is 4.98 Å². The number of hydrogen-bond donors (Lipinski definition) is 1. The summed E-state index contributed by atoms with van der Waals surface area (Å²) < 4.78 is 18.0. The average molecular weight is 198 g/mol. The zero-order valence-electron chi connectivity index (χ0n) is 8.46. The highest BCUT2D eigenvalue weighted by atomic mass is 19.1. The van der Waals surface area contributed by atoms with Crippen molar-refractivity contribution in [3.8, 4) is 0 Å². The Morgan fingerprint density at radius 3 is 3.07 bits per heavy atom. The van der Waals surface area contributed by atoms with Crippen LogP contribution in [0.15, 0.2) is 18.3 Å². The predicted octanol–water partition coefficient (Wildman–Crippen LogP) is 2.06. The lowest BCUT2D eigenvalue weighted by Gasteiger charge is -2.13. The minimum absolute atomic E-state index is 0.122. The van der Waals surface area contributed by atoms with Gasteiger partial charge in [0.2, 0.25) is 5.95 Å². The fraction of sp³-hybridized carbons (Fsp3) is 0.500. The first-order chi connectivity index (χ1) is 6.72. The number of halogens is 1. The van der Waals surface area contributed by atoms with E-state index in [-0.39, 0.29) is 6.10 Å². The minimum Gasteiger partial charge on any atom is -0.382 e. The van der Waals surface area contributed by atoms with Crippen molar-refractivity contribution in [1.82, 2.24) is 4.98 Å². The fourth-order valence-corrected chi connectivity index (χ4v) is 1.12. The van der Waals surface area contributed by atoms with Gasteiger partial charge in [-0.1, -0.05) is 0 Å². The largest absolute Gasteiger partial charge is 0.382 e. The van der Waals surface area contributed by atoms with Gasteiger partial charge in [-0.3, -0.25) is 0 Å². The molecule has 0 saturated heterocycles. The molecule has 0 aromatic carbocycles. The van der Waals surface area contributed by atoms with Gasteiger partial charge in [0.25, 0.3) is 0 Å². The van der Waals surface area contributed by atoms with Crippen molar-refractivity contribution in [2.24, 2.45) is 0 Å². The summed E-state index contributed by atoms with van der Waals surface area (Å²) in [6.45, 7) is 5.27. The first-order valence-electron chi connectivity index (χ1n) is 4.69. The Hall–Kier alpha value is -1.16. The molecule has 4 heteroatoms. The third-order valence-electron chi connectivity index (χ3n) is 1.77. The maximum absolute atomic E-state index is 12.7. The van der Waals surface area contributed by atoms with Gasteiger partial charge in [0.15, 0.2) is 0 Å². The van der Waals surface area contributed by atoms with Crippen LogP contribution in [0.4, 0.5) is 10.1 Å². The van der Waals surface area contributed by atoms with Crippen molar-refractivity contribution in [1.29, 1.82) is 0 Å². The van der Waals surface area contributed by atoms with Crippen LogP contribution in [0.1, 0.15) is 13.8 Å². The van der Waals surface area contributed by atoms with Gasteiger partial charge in [0.05, 0.1) is 6.10 Å². The molecule has 0 aliphatic rings. The highest BCUT2D eigenvalue weighted by Gasteiger charge is 2.00. The van der Waals surface area contributed by atoms with E-state index in [1.54, 1.807) is 6.07 Å². The number of hydrogen-bond acceptors (Lipinski definition) is 3. The summed E-state index contributed by atoms with van der Waals surface area (Å²) in [5.74, 6) is -0.473. The van der Waals surface area contributed by atoms with Crippen LogP contribution in [0, 0.1) is 5.95 Å². The van der Waals surface area contributed by atoms with E-state index in [9.17, 15) is 4.39 Å². The molecule has 0 saturated carbocycles. The maximum atomic E-state index is 12.7. The molecule has 0 spiro atoms. The predicted molar refractivity (Wildman–Crippen MR) is 53.8 cm³/mol. The smallest absolute Gasteiger partial charge is 0.214 e. The van der Waals surface area contributed by atoms with E-state index in [0.29, 0.717) is 13.2 Å². The Morgan fingerprint density at radius 1 is 1.64 bits per heavy atom. The monoisotopic (exact) mass is 198 g/mol. The van der Waals surface area contributed by atoms with Crippen molar-refractivity contribution < 1.29 is 9.13 Å². The molecule has 1 N–H and O–H groups in total. The Kier molecular flexibility index (Phi) is 4.32. The van der Waals surface area contributed by atoms with Crippen molar-refractivity contribution in [2.75, 3.05) is 18.5 Å². The third-order valence-corrected chi connectivity index (χ3v) is 1.77. The highest BCUT2D eigenvalue weighted by Crippen LogP contribution is 2.06. The zero-order chi connectivity index (χ0) is 10.4. The summed E-state index contributed by atoms with van der Waals surface area (Å²) >= 11 is 0. The Bertz CT molecular complexity index is 281. The Balaban J connectivity index is 2.37. The molecule has 3 nitrogen and oxygen atoms in total. The fourth-order valence-electron chi connectivity index (χ4n) is 1.12. The molecule has 1 aromatic rings. The molecule has 1 heterocycles. The van der Waals surface area contributed by atoms with E-state index in [1.807, 2.05) is 13.8 Å². The van der Waals surface area contributed by atoms with Crippen molar-refractivity contribution in [3.63, 3.8) is 0 Å². The minimum atomic E-state index is -0.473. The van der Waals surface area contributed by atoms with Crippen LogP contribution < -0.4 is 5.32 Å². The summed E-state index contributed by atoms with van der Waals surface area (Å²) in [6, 6.07) is 3.08. The zero-order valence-corrected chi connectivity index (χ0v) is 8.46. The van der Waals surface area contributed by atoms with Gasteiger partial charge in [0, 0.05) is 31.1 Å². The van der Waals surface area contributed by atoms with Crippen LogP contribution in [0.2, 0.25) is 0 Å². The second-order valence-corrected chi connectivity index (χ2v) is 3.01. The average Bonchev–Trinajstić information content (AvgIpc) is 2.15. The summed E-state index contributed by atoms with van der Waals surface area (Å²) in [7, 11) is 0. The molecule has 78 valence electrons. The van der Waals surface area contributed by atoms with Gasteiger partial charge >= 0.3 is 0 Å².